The number of rotatable bonds is 4. The van der Waals surface area contributed by atoms with Gasteiger partial charge in [0.2, 0.25) is 0 Å². The van der Waals surface area contributed by atoms with Crippen molar-refractivity contribution in [3.63, 3.8) is 0 Å². The molecule has 1 fully saturated rings. The van der Waals surface area contributed by atoms with Gasteiger partial charge < -0.3 is 0 Å². The Bertz CT molecular complexity index is 229. The number of hydrogen-bond acceptors (Lipinski definition) is 3. The molecule has 80 valence electrons. The van der Waals surface area contributed by atoms with Gasteiger partial charge in [0, 0.05) is 0 Å². The number of carbonyl (C=O) groups excluding carboxylic acids is 1. The molecule has 0 bridgehead atoms. The molecule has 0 aromatic carbocycles. The first-order chi connectivity index (χ1) is 6.65. The van der Waals surface area contributed by atoms with E-state index in [-0.39, 0.29) is 11.9 Å². The summed E-state index contributed by atoms with van der Waals surface area (Å²) in [6.07, 6.45) is 1.76. The standard InChI is InChI=1S/C8H14N2O3Se/c11-7(5-2-1-3-9-5)10-6(4-14)8(12)13/h5-6,9,14H,1-4H2,(H,10,11)(H,12,13)/t5-,6-/m0/s1. The third kappa shape index (κ3) is 2.97. The van der Waals surface area contributed by atoms with Crippen molar-refractivity contribution in [1.29, 1.82) is 0 Å². The zero-order valence-electron chi connectivity index (χ0n) is 7.69. The quantitative estimate of drug-likeness (QED) is 0.548. The van der Waals surface area contributed by atoms with Crippen LogP contribution in [0.15, 0.2) is 0 Å². The summed E-state index contributed by atoms with van der Waals surface area (Å²) in [5, 5.41) is 14.6. The molecule has 5 nitrogen and oxygen atoms in total. The minimum atomic E-state index is -0.989. The van der Waals surface area contributed by atoms with Gasteiger partial charge in [0.15, 0.2) is 0 Å². The van der Waals surface area contributed by atoms with Gasteiger partial charge in [0.25, 0.3) is 0 Å². The van der Waals surface area contributed by atoms with Crippen LogP contribution in [0.25, 0.3) is 0 Å². The number of carboxylic acid groups (broad SMARTS) is 1. The van der Waals surface area contributed by atoms with Crippen molar-refractivity contribution in [2.75, 3.05) is 6.54 Å². The molecule has 0 unspecified atom stereocenters. The molecule has 14 heavy (non-hydrogen) atoms. The summed E-state index contributed by atoms with van der Waals surface area (Å²) in [4.78, 5) is 22.1. The first-order valence-corrected chi connectivity index (χ1v) is 5.85. The molecule has 6 heteroatoms. The van der Waals surface area contributed by atoms with Crippen molar-refractivity contribution in [1.82, 2.24) is 10.6 Å². The maximum absolute atomic E-state index is 11.5. The molecule has 0 aliphatic carbocycles. The van der Waals surface area contributed by atoms with Crippen LogP contribution in [0.3, 0.4) is 0 Å². The molecule has 3 N–H and O–H groups in total. The fraction of sp³-hybridized carbons (Fsp3) is 0.750. The Labute approximate surface area is 90.4 Å². The van der Waals surface area contributed by atoms with Crippen molar-refractivity contribution in [3.05, 3.63) is 0 Å². The molecule has 1 saturated heterocycles. The number of aliphatic carboxylic acids is 1. The Kier molecular flexibility index (Phi) is 4.38. The van der Waals surface area contributed by atoms with Crippen LogP contribution in [-0.2, 0) is 9.59 Å². The van der Waals surface area contributed by atoms with Crippen molar-refractivity contribution >= 4 is 27.9 Å². The van der Waals surface area contributed by atoms with Gasteiger partial charge in [-0.2, -0.15) is 0 Å². The Morgan fingerprint density at radius 1 is 1.64 bits per heavy atom. The van der Waals surface area contributed by atoms with E-state index in [1.165, 1.54) is 0 Å². The molecule has 2 atom stereocenters. The van der Waals surface area contributed by atoms with Crippen molar-refractivity contribution in [2.24, 2.45) is 0 Å². The summed E-state index contributed by atoms with van der Waals surface area (Å²) < 4.78 is 0. The van der Waals surface area contributed by atoms with Gasteiger partial charge in [-0.1, -0.05) is 0 Å². The van der Waals surface area contributed by atoms with Gasteiger partial charge in [-0.05, 0) is 0 Å². The maximum atomic E-state index is 11.5. The topological polar surface area (TPSA) is 78.4 Å². The fourth-order valence-electron chi connectivity index (χ4n) is 1.37. The molecular formula is C8H14N2O3Se. The van der Waals surface area contributed by atoms with Gasteiger partial charge in [-0.15, -0.1) is 0 Å². The second kappa shape index (κ2) is 5.34. The van der Waals surface area contributed by atoms with Crippen LogP contribution < -0.4 is 10.6 Å². The van der Waals surface area contributed by atoms with Crippen LogP contribution in [0.1, 0.15) is 12.8 Å². The minimum absolute atomic E-state index is 0.207. The average Bonchev–Trinajstić information content (AvgIpc) is 2.65. The van der Waals surface area contributed by atoms with Crippen molar-refractivity contribution < 1.29 is 14.7 Å². The SMILES string of the molecule is O=C(O)[C@H](C[SeH])NC(=O)[C@@H]1CCCN1. The van der Waals surface area contributed by atoms with Crippen molar-refractivity contribution in [3.8, 4) is 0 Å². The van der Waals surface area contributed by atoms with Crippen LogP contribution >= 0.6 is 0 Å². The van der Waals surface area contributed by atoms with Gasteiger partial charge in [-0.25, -0.2) is 0 Å². The number of nitrogens with one attached hydrogen (secondary N) is 2. The van der Waals surface area contributed by atoms with E-state index in [0.717, 1.165) is 19.4 Å². The number of carboxylic acids is 1. The second-order valence-corrected chi connectivity index (χ2v) is 4.00. The van der Waals surface area contributed by atoms with Crippen LogP contribution in [0.4, 0.5) is 0 Å². The third-order valence-electron chi connectivity index (χ3n) is 2.17. The van der Waals surface area contributed by atoms with E-state index >= 15 is 0 Å². The molecule has 1 aliphatic rings. The molecule has 0 aromatic rings. The molecule has 1 rings (SSSR count). The number of carbonyl (C=O) groups is 2. The van der Waals surface area contributed by atoms with E-state index in [0.29, 0.717) is 5.32 Å². The van der Waals surface area contributed by atoms with E-state index in [1.54, 1.807) is 0 Å². The number of amides is 1. The Morgan fingerprint density at radius 3 is 2.79 bits per heavy atom. The summed E-state index contributed by atoms with van der Waals surface area (Å²) in [7, 11) is 0. The summed E-state index contributed by atoms with van der Waals surface area (Å²) in [6, 6.07) is -0.999. The Balaban J connectivity index is 2.41. The summed E-state index contributed by atoms with van der Waals surface area (Å²) in [5.74, 6) is -1.20. The normalized spacial score (nSPS) is 23.1. The predicted molar refractivity (Wildman–Crippen MR) is 52.5 cm³/mol. The van der Waals surface area contributed by atoms with E-state index < -0.39 is 12.0 Å². The Morgan fingerprint density at radius 2 is 2.36 bits per heavy atom. The van der Waals surface area contributed by atoms with Crippen LogP contribution in [0.2, 0.25) is 5.32 Å². The van der Waals surface area contributed by atoms with E-state index in [9.17, 15) is 9.59 Å². The van der Waals surface area contributed by atoms with Gasteiger partial charge >= 0.3 is 90.0 Å². The van der Waals surface area contributed by atoms with Crippen LogP contribution in [-0.4, -0.2) is 51.6 Å². The molecule has 0 radical (unpaired) electrons. The Hall–Kier alpha value is -0.581. The average molecular weight is 265 g/mol. The second-order valence-electron chi connectivity index (χ2n) is 3.23. The zero-order valence-corrected chi connectivity index (χ0v) is 9.57. The van der Waals surface area contributed by atoms with Crippen LogP contribution in [0.5, 0.6) is 0 Å². The first-order valence-electron chi connectivity index (χ1n) is 4.52. The molecule has 1 heterocycles. The van der Waals surface area contributed by atoms with Gasteiger partial charge in [0.05, 0.1) is 0 Å². The first kappa shape index (κ1) is 11.5. The van der Waals surface area contributed by atoms with Crippen molar-refractivity contribution in [2.45, 2.75) is 30.2 Å². The monoisotopic (exact) mass is 266 g/mol. The van der Waals surface area contributed by atoms with Gasteiger partial charge in [-0.3, -0.25) is 0 Å². The van der Waals surface area contributed by atoms with Crippen LogP contribution in [0, 0.1) is 0 Å². The predicted octanol–water partition coefficient (Wildman–Crippen LogP) is -1.37. The third-order valence-corrected chi connectivity index (χ3v) is 2.94. The molecule has 0 aromatic heterocycles. The molecular weight excluding hydrogens is 251 g/mol. The summed E-state index contributed by atoms with van der Waals surface area (Å²) in [6.45, 7) is 0.831. The van der Waals surface area contributed by atoms with E-state index in [4.69, 9.17) is 5.11 Å². The molecule has 0 saturated carbocycles. The fourth-order valence-corrected chi connectivity index (χ4v) is 1.89. The molecule has 1 aliphatic heterocycles. The summed E-state index contributed by atoms with van der Waals surface area (Å²) in [5.41, 5.74) is 0. The van der Waals surface area contributed by atoms with Gasteiger partial charge in [0.1, 0.15) is 0 Å². The molecule has 0 spiro atoms. The number of hydrogen-bond donors (Lipinski definition) is 3. The zero-order chi connectivity index (χ0) is 10.6. The summed E-state index contributed by atoms with van der Waals surface area (Å²) >= 11 is 2.17. The van der Waals surface area contributed by atoms with E-state index in [1.807, 2.05) is 0 Å². The van der Waals surface area contributed by atoms with E-state index in [2.05, 4.69) is 26.6 Å². The molecule has 1 amide bonds.